The lowest BCUT2D eigenvalue weighted by atomic mass is 9.96. The summed E-state index contributed by atoms with van der Waals surface area (Å²) in [6.45, 7) is 0. The molecule has 59 heavy (non-hydrogen) atoms. The van der Waals surface area contributed by atoms with Crippen molar-refractivity contribution in [2.75, 3.05) is 0 Å². The van der Waals surface area contributed by atoms with Crippen molar-refractivity contribution in [3.63, 3.8) is 0 Å². The van der Waals surface area contributed by atoms with Crippen LogP contribution in [0.5, 0.6) is 0 Å². The van der Waals surface area contributed by atoms with Crippen LogP contribution in [0, 0.1) is 0 Å². The first-order valence-corrected chi connectivity index (χ1v) is 20.4. The van der Waals surface area contributed by atoms with Gasteiger partial charge in [-0.1, -0.05) is 176 Å². The normalized spacial score (nSPS) is 11.4. The fraction of sp³-hybridized carbons (Fsp3) is 0. The van der Waals surface area contributed by atoms with E-state index in [4.69, 9.17) is 24.9 Å². The molecule has 6 heteroatoms. The lowest BCUT2D eigenvalue weighted by molar-refractivity contribution is 1.07. The Kier molecular flexibility index (Phi) is 8.60. The molecule has 0 fully saturated rings. The Morgan fingerprint density at radius 1 is 0.288 bits per heavy atom. The summed E-state index contributed by atoms with van der Waals surface area (Å²) in [4.78, 5) is 25.9. The van der Waals surface area contributed by atoms with Gasteiger partial charge in [-0.2, -0.15) is 0 Å². The lowest BCUT2D eigenvalue weighted by Gasteiger charge is -2.11. The topological polar surface area (TPSA) is 64.5 Å². The summed E-state index contributed by atoms with van der Waals surface area (Å²) in [6, 6.07) is 69.5. The molecule has 0 radical (unpaired) electrons. The molecule has 11 aromatic rings. The molecule has 11 rings (SSSR count). The number of para-hydroxylation sites is 2. The van der Waals surface area contributed by atoms with E-state index in [2.05, 4.69) is 140 Å². The molecule has 5 nitrogen and oxygen atoms in total. The Bertz CT molecular complexity index is 3310. The third kappa shape index (κ3) is 6.61. The molecule has 0 spiro atoms. The second kappa shape index (κ2) is 14.7. The number of nitrogens with zero attached hydrogens (tertiary/aromatic N) is 5. The molecule has 3 aromatic heterocycles. The molecule has 0 bridgehead atoms. The number of rotatable bonds is 7. The molecule has 0 atom stereocenters. The molecule has 8 aromatic carbocycles. The van der Waals surface area contributed by atoms with Crippen molar-refractivity contribution in [1.29, 1.82) is 0 Å². The highest BCUT2D eigenvalue weighted by Crippen LogP contribution is 2.40. The highest BCUT2D eigenvalue weighted by atomic mass is 32.1. The number of benzene rings is 8. The van der Waals surface area contributed by atoms with Crippen molar-refractivity contribution >= 4 is 42.8 Å². The van der Waals surface area contributed by atoms with Gasteiger partial charge in [0.15, 0.2) is 17.5 Å². The SMILES string of the molecule is c1ccc(-c2ccc(-c3nc(-c4ccccc4)nc(-c4cccc(-c5cccc(-c6ccc(-c7cccc8c7sc7nc9ccccc9nc78)cc6)c5)c4)n3)cc2)cc1. The van der Waals surface area contributed by atoms with Crippen molar-refractivity contribution in [3.05, 3.63) is 200 Å². The smallest absolute Gasteiger partial charge is 0.164 e. The van der Waals surface area contributed by atoms with Crippen LogP contribution < -0.4 is 0 Å². The standard InChI is InChI=1S/C53H33N5S/c1-3-12-34(13-4-1)35-26-30-39(31-27-35)51-56-50(38-14-5-2-6-15-38)57-52(58-51)43-19-10-18-42(33-43)41-17-9-16-40(32-41)36-24-28-37(29-25-36)44-20-11-21-45-48-53(59-49(44)45)55-47-23-8-7-22-46(47)54-48/h1-33H. The summed E-state index contributed by atoms with van der Waals surface area (Å²) in [5.74, 6) is 1.90. The van der Waals surface area contributed by atoms with Crippen LogP contribution in [0.2, 0.25) is 0 Å². The molecule has 0 aliphatic heterocycles. The van der Waals surface area contributed by atoms with Crippen LogP contribution in [0.4, 0.5) is 0 Å². The third-order valence-electron chi connectivity index (χ3n) is 10.8. The van der Waals surface area contributed by atoms with Gasteiger partial charge < -0.3 is 0 Å². The number of aromatic nitrogens is 5. The van der Waals surface area contributed by atoms with Gasteiger partial charge in [0.25, 0.3) is 0 Å². The van der Waals surface area contributed by atoms with Gasteiger partial charge >= 0.3 is 0 Å². The van der Waals surface area contributed by atoms with E-state index in [1.807, 2.05) is 60.7 Å². The van der Waals surface area contributed by atoms with Crippen LogP contribution in [0.3, 0.4) is 0 Å². The predicted molar refractivity (Wildman–Crippen MR) is 244 cm³/mol. The summed E-state index contributed by atoms with van der Waals surface area (Å²) >= 11 is 1.71. The molecular weight excluding hydrogens is 739 g/mol. The highest BCUT2D eigenvalue weighted by Gasteiger charge is 2.16. The Balaban J connectivity index is 0.914. The molecule has 0 unspecified atom stereocenters. The van der Waals surface area contributed by atoms with Crippen LogP contribution >= 0.6 is 11.3 Å². The fourth-order valence-corrected chi connectivity index (χ4v) is 8.90. The number of hydrogen-bond acceptors (Lipinski definition) is 6. The summed E-state index contributed by atoms with van der Waals surface area (Å²) in [7, 11) is 0. The maximum absolute atomic E-state index is 5.05. The van der Waals surface area contributed by atoms with Gasteiger partial charge in [0.1, 0.15) is 10.3 Å². The zero-order valence-corrected chi connectivity index (χ0v) is 32.5. The minimum atomic E-state index is 0.628. The van der Waals surface area contributed by atoms with Crippen molar-refractivity contribution < 1.29 is 0 Å². The van der Waals surface area contributed by atoms with Gasteiger partial charge in [0, 0.05) is 26.8 Å². The zero-order chi connectivity index (χ0) is 39.1. The number of thiophene rings is 1. The number of hydrogen-bond donors (Lipinski definition) is 0. The van der Waals surface area contributed by atoms with Crippen molar-refractivity contribution in [3.8, 4) is 78.7 Å². The van der Waals surface area contributed by atoms with Crippen LogP contribution in [0.25, 0.3) is 110 Å². The van der Waals surface area contributed by atoms with Gasteiger partial charge in [-0.3, -0.25) is 0 Å². The molecule has 0 amide bonds. The van der Waals surface area contributed by atoms with Crippen molar-refractivity contribution in [2.45, 2.75) is 0 Å². The predicted octanol–water partition coefficient (Wildman–Crippen LogP) is 13.9. The molecule has 0 N–H and O–H groups in total. The van der Waals surface area contributed by atoms with Gasteiger partial charge in [0.05, 0.1) is 11.0 Å². The van der Waals surface area contributed by atoms with Gasteiger partial charge in [-0.05, 0) is 68.8 Å². The quantitative estimate of drug-likeness (QED) is 0.161. The zero-order valence-electron chi connectivity index (χ0n) is 31.7. The van der Waals surface area contributed by atoms with Crippen LogP contribution in [-0.4, -0.2) is 24.9 Å². The van der Waals surface area contributed by atoms with E-state index in [0.717, 1.165) is 76.8 Å². The van der Waals surface area contributed by atoms with E-state index >= 15 is 0 Å². The average Bonchev–Trinajstić information content (AvgIpc) is 3.69. The average molecular weight is 772 g/mol. The molecular formula is C53H33N5S. The van der Waals surface area contributed by atoms with E-state index in [-0.39, 0.29) is 0 Å². The Hall–Kier alpha value is -7.67. The first kappa shape index (κ1) is 34.6. The second-order valence-corrected chi connectivity index (χ2v) is 15.5. The van der Waals surface area contributed by atoms with E-state index in [1.54, 1.807) is 11.3 Å². The third-order valence-corrected chi connectivity index (χ3v) is 11.9. The highest BCUT2D eigenvalue weighted by molar-refractivity contribution is 7.26. The molecule has 0 aliphatic carbocycles. The second-order valence-electron chi connectivity index (χ2n) is 14.5. The van der Waals surface area contributed by atoms with E-state index in [0.29, 0.717) is 17.5 Å². The monoisotopic (exact) mass is 771 g/mol. The first-order chi connectivity index (χ1) is 29.2. The maximum Gasteiger partial charge on any atom is 0.164 e. The number of fused-ring (bicyclic) bond motifs is 4. The van der Waals surface area contributed by atoms with Crippen LogP contribution in [-0.2, 0) is 0 Å². The van der Waals surface area contributed by atoms with E-state index in [1.165, 1.54) is 15.8 Å². The maximum atomic E-state index is 5.05. The Labute approximate surface area is 345 Å². The Morgan fingerprint density at radius 3 is 1.37 bits per heavy atom. The van der Waals surface area contributed by atoms with E-state index < -0.39 is 0 Å². The summed E-state index contributed by atoms with van der Waals surface area (Å²) in [5.41, 5.74) is 14.8. The minimum Gasteiger partial charge on any atom is -0.243 e. The molecule has 0 saturated heterocycles. The molecule has 0 aliphatic rings. The largest absolute Gasteiger partial charge is 0.243 e. The summed E-state index contributed by atoms with van der Waals surface area (Å²) in [5, 5.41) is 1.14. The van der Waals surface area contributed by atoms with Gasteiger partial charge in [-0.15, -0.1) is 11.3 Å². The van der Waals surface area contributed by atoms with Crippen LogP contribution in [0.15, 0.2) is 200 Å². The van der Waals surface area contributed by atoms with Crippen molar-refractivity contribution in [2.24, 2.45) is 0 Å². The van der Waals surface area contributed by atoms with Gasteiger partial charge in [0.2, 0.25) is 0 Å². The summed E-state index contributed by atoms with van der Waals surface area (Å²) in [6.07, 6.45) is 0. The van der Waals surface area contributed by atoms with E-state index in [9.17, 15) is 0 Å². The lowest BCUT2D eigenvalue weighted by Crippen LogP contribution is -2.00. The fourth-order valence-electron chi connectivity index (χ4n) is 7.74. The first-order valence-electron chi connectivity index (χ1n) is 19.6. The molecule has 3 heterocycles. The van der Waals surface area contributed by atoms with Crippen molar-refractivity contribution in [1.82, 2.24) is 24.9 Å². The Morgan fingerprint density at radius 2 is 0.712 bits per heavy atom. The summed E-state index contributed by atoms with van der Waals surface area (Å²) < 4.78 is 1.20. The molecule has 276 valence electrons. The van der Waals surface area contributed by atoms with Gasteiger partial charge in [-0.25, -0.2) is 24.9 Å². The minimum absolute atomic E-state index is 0.628. The molecule has 0 saturated carbocycles. The van der Waals surface area contributed by atoms with Crippen LogP contribution in [0.1, 0.15) is 0 Å².